The van der Waals surface area contributed by atoms with Gasteiger partial charge in [0.25, 0.3) is 5.91 Å². The molecule has 144 valence electrons. The number of ether oxygens (including phenoxy) is 1. The van der Waals surface area contributed by atoms with Crippen molar-refractivity contribution < 1.29 is 14.3 Å². The molecule has 1 aliphatic heterocycles. The number of nitrogens with one attached hydrogen (secondary N) is 3. The van der Waals surface area contributed by atoms with E-state index in [0.29, 0.717) is 38.2 Å². The minimum absolute atomic E-state index is 0.0732. The van der Waals surface area contributed by atoms with E-state index >= 15 is 0 Å². The summed E-state index contributed by atoms with van der Waals surface area (Å²) in [5.41, 5.74) is 2.59. The van der Waals surface area contributed by atoms with Gasteiger partial charge in [-0.15, -0.1) is 0 Å². The third kappa shape index (κ3) is 5.07. The first-order chi connectivity index (χ1) is 13.2. The number of urea groups is 1. The van der Waals surface area contributed by atoms with E-state index < -0.39 is 0 Å². The molecule has 0 unspecified atom stereocenters. The smallest absolute Gasteiger partial charge is 0.315 e. The highest BCUT2D eigenvalue weighted by atomic mass is 16.5. The second-order valence-electron chi connectivity index (χ2n) is 6.47. The Kier molecular flexibility index (Phi) is 6.43. The molecule has 8 nitrogen and oxygen atoms in total. The van der Waals surface area contributed by atoms with Crippen LogP contribution in [-0.2, 0) is 24.1 Å². The van der Waals surface area contributed by atoms with Crippen LogP contribution in [0.2, 0.25) is 0 Å². The van der Waals surface area contributed by atoms with E-state index in [1.807, 2.05) is 30.3 Å². The zero-order valence-electron chi connectivity index (χ0n) is 15.4. The first-order valence-electron chi connectivity index (χ1n) is 9.07. The summed E-state index contributed by atoms with van der Waals surface area (Å²) in [5.74, 6) is -0.165. The molecule has 2 heterocycles. The number of carbonyl (C=O) groups is 2. The van der Waals surface area contributed by atoms with E-state index in [4.69, 9.17) is 4.74 Å². The van der Waals surface area contributed by atoms with Gasteiger partial charge >= 0.3 is 6.03 Å². The number of nitrogens with zero attached hydrogens (tertiary/aromatic N) is 2. The monoisotopic (exact) mass is 371 g/mol. The third-order valence-electron chi connectivity index (χ3n) is 4.50. The molecule has 0 radical (unpaired) electrons. The Labute approximate surface area is 158 Å². The van der Waals surface area contributed by atoms with Crippen molar-refractivity contribution in [2.75, 3.05) is 26.8 Å². The van der Waals surface area contributed by atoms with Gasteiger partial charge in [-0.1, -0.05) is 30.3 Å². The first-order valence-corrected chi connectivity index (χ1v) is 9.07. The van der Waals surface area contributed by atoms with E-state index in [1.165, 1.54) is 5.56 Å². The van der Waals surface area contributed by atoms with Crippen molar-refractivity contribution in [2.24, 2.45) is 0 Å². The fourth-order valence-corrected chi connectivity index (χ4v) is 3.14. The standard InChI is InChI=1S/C19H25N5O3/c1-27-10-9-20-18(25)16-12-22-24-13-15(11-17(16)24)23-19(26)21-8-7-14-5-3-2-4-6-14/h2-6,12,15H,7-11,13H2,1H3,(H,20,25)(H2,21,23,26)/t15-/m0/s1. The lowest BCUT2D eigenvalue weighted by Gasteiger charge is -2.13. The van der Waals surface area contributed by atoms with Gasteiger partial charge in [-0.2, -0.15) is 5.10 Å². The lowest BCUT2D eigenvalue weighted by atomic mass is 10.1. The molecule has 27 heavy (non-hydrogen) atoms. The van der Waals surface area contributed by atoms with Crippen LogP contribution >= 0.6 is 0 Å². The van der Waals surface area contributed by atoms with Gasteiger partial charge in [0.15, 0.2) is 0 Å². The van der Waals surface area contributed by atoms with Crippen LogP contribution in [-0.4, -0.2) is 54.6 Å². The molecule has 3 amide bonds. The van der Waals surface area contributed by atoms with E-state index in [1.54, 1.807) is 18.0 Å². The van der Waals surface area contributed by atoms with Crippen LogP contribution in [0.1, 0.15) is 21.6 Å². The van der Waals surface area contributed by atoms with Gasteiger partial charge in [-0.3, -0.25) is 9.48 Å². The SMILES string of the molecule is COCCNC(=O)c1cnn2c1C[C@H](NC(=O)NCCc1ccccc1)C2. The molecule has 1 aromatic heterocycles. The summed E-state index contributed by atoms with van der Waals surface area (Å²) >= 11 is 0. The average molecular weight is 371 g/mol. The minimum atomic E-state index is -0.201. The van der Waals surface area contributed by atoms with E-state index in [0.717, 1.165) is 12.1 Å². The van der Waals surface area contributed by atoms with Gasteiger partial charge < -0.3 is 20.7 Å². The summed E-state index contributed by atoms with van der Waals surface area (Å²) in [6, 6.07) is 9.74. The molecular formula is C19H25N5O3. The fourth-order valence-electron chi connectivity index (χ4n) is 3.14. The first kappa shape index (κ1) is 18.9. The van der Waals surface area contributed by atoms with Crippen LogP contribution in [0.4, 0.5) is 4.79 Å². The molecule has 0 fully saturated rings. The second kappa shape index (κ2) is 9.18. The maximum Gasteiger partial charge on any atom is 0.315 e. The van der Waals surface area contributed by atoms with Gasteiger partial charge in [-0.05, 0) is 12.0 Å². The van der Waals surface area contributed by atoms with Crippen molar-refractivity contribution in [1.82, 2.24) is 25.7 Å². The predicted molar refractivity (Wildman–Crippen MR) is 101 cm³/mol. The molecule has 2 aromatic rings. The number of aromatic nitrogens is 2. The number of rotatable bonds is 8. The molecular weight excluding hydrogens is 346 g/mol. The molecule has 0 bridgehead atoms. The number of carbonyl (C=O) groups excluding carboxylic acids is 2. The molecule has 8 heteroatoms. The molecule has 1 aromatic carbocycles. The zero-order valence-corrected chi connectivity index (χ0v) is 15.4. The molecule has 3 rings (SSSR count). The number of benzene rings is 1. The maximum atomic E-state index is 12.2. The third-order valence-corrected chi connectivity index (χ3v) is 4.50. The lowest BCUT2D eigenvalue weighted by molar-refractivity contribution is 0.0936. The molecule has 0 saturated carbocycles. The van der Waals surface area contributed by atoms with E-state index in [2.05, 4.69) is 21.0 Å². The quantitative estimate of drug-likeness (QED) is 0.596. The number of fused-ring (bicyclic) bond motifs is 1. The van der Waals surface area contributed by atoms with Crippen LogP contribution in [0.15, 0.2) is 36.5 Å². The van der Waals surface area contributed by atoms with Crippen molar-refractivity contribution in [2.45, 2.75) is 25.4 Å². The summed E-state index contributed by atoms with van der Waals surface area (Å²) in [6.07, 6.45) is 2.94. The second-order valence-corrected chi connectivity index (χ2v) is 6.47. The summed E-state index contributed by atoms with van der Waals surface area (Å²) in [5, 5.41) is 12.9. The molecule has 3 N–H and O–H groups in total. The van der Waals surface area contributed by atoms with Crippen LogP contribution in [0.3, 0.4) is 0 Å². The van der Waals surface area contributed by atoms with Crippen molar-refractivity contribution in [3.63, 3.8) is 0 Å². The summed E-state index contributed by atoms with van der Waals surface area (Å²) in [7, 11) is 1.59. The molecule has 0 spiro atoms. The molecule has 0 aliphatic carbocycles. The predicted octanol–water partition coefficient (Wildman–Crippen LogP) is 0.726. The Morgan fingerprint density at radius 2 is 2.04 bits per heavy atom. The Hall–Kier alpha value is -2.87. The van der Waals surface area contributed by atoms with Gasteiger partial charge in [0.2, 0.25) is 0 Å². The van der Waals surface area contributed by atoms with Crippen LogP contribution in [0.25, 0.3) is 0 Å². The Morgan fingerprint density at radius 3 is 2.81 bits per heavy atom. The maximum absolute atomic E-state index is 12.2. The Bertz CT molecular complexity index is 775. The summed E-state index contributed by atoms with van der Waals surface area (Å²) < 4.78 is 6.71. The van der Waals surface area contributed by atoms with Crippen molar-refractivity contribution in [3.8, 4) is 0 Å². The van der Waals surface area contributed by atoms with Crippen molar-refractivity contribution in [3.05, 3.63) is 53.3 Å². The topological polar surface area (TPSA) is 97.3 Å². The largest absolute Gasteiger partial charge is 0.383 e. The van der Waals surface area contributed by atoms with Crippen LogP contribution in [0.5, 0.6) is 0 Å². The number of hydrogen-bond acceptors (Lipinski definition) is 4. The molecule has 1 aliphatic rings. The van der Waals surface area contributed by atoms with Gasteiger partial charge in [0.05, 0.1) is 36.6 Å². The normalized spacial score (nSPS) is 15.2. The molecule has 1 atom stereocenters. The highest BCUT2D eigenvalue weighted by Crippen LogP contribution is 2.18. The van der Waals surface area contributed by atoms with E-state index in [9.17, 15) is 9.59 Å². The number of hydrogen-bond donors (Lipinski definition) is 3. The zero-order chi connectivity index (χ0) is 19.1. The number of methoxy groups -OCH3 is 1. The Balaban J connectivity index is 1.44. The van der Waals surface area contributed by atoms with Crippen molar-refractivity contribution >= 4 is 11.9 Å². The number of amides is 3. The summed E-state index contributed by atoms with van der Waals surface area (Å²) in [4.78, 5) is 24.3. The van der Waals surface area contributed by atoms with Crippen molar-refractivity contribution in [1.29, 1.82) is 0 Å². The highest BCUT2D eigenvalue weighted by Gasteiger charge is 2.28. The van der Waals surface area contributed by atoms with Gasteiger partial charge in [-0.25, -0.2) is 4.79 Å². The van der Waals surface area contributed by atoms with Gasteiger partial charge in [0, 0.05) is 26.6 Å². The fraction of sp³-hybridized carbons (Fsp3) is 0.421. The summed E-state index contributed by atoms with van der Waals surface area (Å²) in [6.45, 7) is 2.04. The van der Waals surface area contributed by atoms with Crippen LogP contribution in [0, 0.1) is 0 Å². The average Bonchev–Trinajstić information content (AvgIpc) is 3.22. The highest BCUT2D eigenvalue weighted by molar-refractivity contribution is 5.95. The molecule has 0 saturated heterocycles. The van der Waals surface area contributed by atoms with E-state index in [-0.39, 0.29) is 18.0 Å². The Morgan fingerprint density at radius 1 is 1.22 bits per heavy atom. The minimum Gasteiger partial charge on any atom is -0.383 e. The van der Waals surface area contributed by atoms with Gasteiger partial charge in [0.1, 0.15) is 0 Å². The lowest BCUT2D eigenvalue weighted by Crippen LogP contribution is -2.43. The van der Waals surface area contributed by atoms with Crippen LogP contribution < -0.4 is 16.0 Å².